The first-order valence-corrected chi connectivity index (χ1v) is 7.99. The molecule has 0 atom stereocenters. The Morgan fingerprint density at radius 1 is 1.11 bits per heavy atom. The van der Waals surface area contributed by atoms with Gasteiger partial charge >= 0.3 is 5.97 Å². The van der Waals surface area contributed by atoms with E-state index in [1.165, 1.54) is 0 Å². The molecule has 1 aromatic heterocycles. The standard InChI is InChI=1S/C19H15F2N3O3/c20-15-6-7-16(21)17(10-15)23-18(25)12-27-19(26)14-4-2-13(3-5-14)11-24-9-1-8-22-24/h1-10H,11-12H2,(H,23,25). The maximum atomic E-state index is 13.5. The minimum atomic E-state index is -0.788. The zero-order valence-corrected chi connectivity index (χ0v) is 14.1. The number of amides is 1. The molecule has 0 saturated carbocycles. The Morgan fingerprint density at radius 3 is 2.59 bits per heavy atom. The SMILES string of the molecule is O=C(COC(=O)c1ccc(Cn2cccn2)cc1)Nc1cc(F)ccc1F. The van der Waals surface area contributed by atoms with E-state index in [-0.39, 0.29) is 11.3 Å². The fraction of sp³-hybridized carbons (Fsp3) is 0.105. The molecule has 2 aromatic carbocycles. The van der Waals surface area contributed by atoms with Gasteiger partial charge in [-0.2, -0.15) is 5.10 Å². The van der Waals surface area contributed by atoms with Crippen LogP contribution in [0.1, 0.15) is 15.9 Å². The molecule has 3 rings (SSSR count). The third kappa shape index (κ3) is 4.97. The van der Waals surface area contributed by atoms with E-state index in [4.69, 9.17) is 4.74 Å². The number of aromatic nitrogens is 2. The fourth-order valence-electron chi connectivity index (χ4n) is 2.32. The van der Waals surface area contributed by atoms with E-state index in [1.807, 2.05) is 12.3 Å². The number of esters is 1. The molecule has 1 N–H and O–H groups in total. The molecule has 0 fully saturated rings. The zero-order chi connectivity index (χ0) is 19.2. The van der Waals surface area contributed by atoms with Crippen LogP contribution in [0.25, 0.3) is 0 Å². The number of carbonyl (C=O) groups is 2. The van der Waals surface area contributed by atoms with Crippen molar-refractivity contribution in [2.75, 3.05) is 11.9 Å². The number of benzene rings is 2. The Hall–Kier alpha value is -3.55. The minimum absolute atomic E-state index is 0.268. The van der Waals surface area contributed by atoms with Gasteiger partial charge in [-0.05, 0) is 35.9 Å². The summed E-state index contributed by atoms with van der Waals surface area (Å²) in [5.41, 5.74) is 0.887. The summed E-state index contributed by atoms with van der Waals surface area (Å²) in [6.07, 6.45) is 3.49. The monoisotopic (exact) mass is 371 g/mol. The Bertz CT molecular complexity index is 941. The lowest BCUT2D eigenvalue weighted by atomic mass is 10.1. The highest BCUT2D eigenvalue weighted by Gasteiger charge is 2.12. The lowest BCUT2D eigenvalue weighted by Gasteiger charge is -2.08. The van der Waals surface area contributed by atoms with Gasteiger partial charge in [-0.1, -0.05) is 12.1 Å². The first kappa shape index (κ1) is 18.2. The van der Waals surface area contributed by atoms with Crippen molar-refractivity contribution in [3.8, 4) is 0 Å². The number of hydrogen-bond acceptors (Lipinski definition) is 4. The molecule has 27 heavy (non-hydrogen) atoms. The predicted molar refractivity (Wildman–Crippen MR) is 93.0 cm³/mol. The van der Waals surface area contributed by atoms with Crippen molar-refractivity contribution in [2.45, 2.75) is 6.54 Å². The van der Waals surface area contributed by atoms with Crippen molar-refractivity contribution in [1.29, 1.82) is 0 Å². The van der Waals surface area contributed by atoms with E-state index in [2.05, 4.69) is 10.4 Å². The van der Waals surface area contributed by atoms with Crippen molar-refractivity contribution >= 4 is 17.6 Å². The molecule has 1 amide bonds. The maximum Gasteiger partial charge on any atom is 0.338 e. The average molecular weight is 371 g/mol. The second kappa shape index (κ2) is 8.22. The molecule has 0 aliphatic rings. The Labute approximate surface area is 153 Å². The van der Waals surface area contributed by atoms with Crippen LogP contribution in [-0.2, 0) is 16.1 Å². The molecule has 0 saturated heterocycles. The zero-order valence-electron chi connectivity index (χ0n) is 14.1. The largest absolute Gasteiger partial charge is 0.452 e. The maximum absolute atomic E-state index is 13.5. The van der Waals surface area contributed by atoms with Gasteiger partial charge in [-0.25, -0.2) is 13.6 Å². The normalized spacial score (nSPS) is 10.4. The topological polar surface area (TPSA) is 73.2 Å². The molecule has 3 aromatic rings. The van der Waals surface area contributed by atoms with Crippen LogP contribution in [0.3, 0.4) is 0 Å². The highest BCUT2D eigenvalue weighted by atomic mass is 19.1. The number of ether oxygens (including phenoxy) is 1. The molecule has 8 heteroatoms. The highest BCUT2D eigenvalue weighted by molar-refractivity contribution is 5.95. The second-order valence-electron chi connectivity index (χ2n) is 5.65. The van der Waals surface area contributed by atoms with Crippen LogP contribution in [-0.4, -0.2) is 28.3 Å². The number of anilines is 1. The van der Waals surface area contributed by atoms with E-state index < -0.39 is 30.1 Å². The molecule has 0 unspecified atom stereocenters. The van der Waals surface area contributed by atoms with E-state index >= 15 is 0 Å². The Balaban J connectivity index is 1.52. The summed E-state index contributed by atoms with van der Waals surface area (Å²) in [4.78, 5) is 23.8. The summed E-state index contributed by atoms with van der Waals surface area (Å²) in [5.74, 6) is -2.96. The first-order chi connectivity index (χ1) is 13.0. The summed E-state index contributed by atoms with van der Waals surface area (Å²) in [7, 11) is 0. The molecule has 0 aliphatic carbocycles. The number of nitrogens with zero attached hydrogens (tertiary/aromatic N) is 2. The van der Waals surface area contributed by atoms with Gasteiger partial charge in [0.2, 0.25) is 0 Å². The van der Waals surface area contributed by atoms with Crippen LogP contribution in [0.15, 0.2) is 60.9 Å². The third-order valence-electron chi connectivity index (χ3n) is 3.63. The molecule has 6 nitrogen and oxygen atoms in total. The Morgan fingerprint density at radius 2 is 1.89 bits per heavy atom. The first-order valence-electron chi connectivity index (χ1n) is 7.99. The molecule has 0 bridgehead atoms. The van der Waals surface area contributed by atoms with Crippen LogP contribution in [0.2, 0.25) is 0 Å². The second-order valence-corrected chi connectivity index (χ2v) is 5.65. The number of hydrogen-bond donors (Lipinski definition) is 1. The molecular formula is C19H15F2N3O3. The number of rotatable bonds is 6. The minimum Gasteiger partial charge on any atom is -0.452 e. The summed E-state index contributed by atoms with van der Waals surface area (Å²) in [6.45, 7) is -0.0617. The van der Waals surface area contributed by atoms with E-state index in [0.717, 1.165) is 23.8 Å². The number of halogens is 2. The summed E-state index contributed by atoms with van der Waals surface area (Å²) >= 11 is 0. The molecular weight excluding hydrogens is 356 g/mol. The molecule has 1 heterocycles. The average Bonchev–Trinajstić information content (AvgIpc) is 3.16. The molecule has 0 radical (unpaired) electrons. The molecule has 0 aliphatic heterocycles. The van der Waals surface area contributed by atoms with Crippen molar-refractivity contribution in [3.05, 3.63) is 83.7 Å². The quantitative estimate of drug-likeness (QED) is 0.676. The van der Waals surface area contributed by atoms with Gasteiger partial charge < -0.3 is 10.1 Å². The van der Waals surface area contributed by atoms with Gasteiger partial charge in [-0.3, -0.25) is 9.48 Å². The van der Waals surface area contributed by atoms with E-state index in [0.29, 0.717) is 6.54 Å². The van der Waals surface area contributed by atoms with Crippen molar-refractivity contribution < 1.29 is 23.1 Å². The van der Waals surface area contributed by atoms with Crippen LogP contribution < -0.4 is 5.32 Å². The Kier molecular flexibility index (Phi) is 5.55. The van der Waals surface area contributed by atoms with Crippen LogP contribution >= 0.6 is 0 Å². The van der Waals surface area contributed by atoms with E-state index in [9.17, 15) is 18.4 Å². The van der Waals surface area contributed by atoms with Gasteiger partial charge in [0.1, 0.15) is 11.6 Å². The van der Waals surface area contributed by atoms with Crippen molar-refractivity contribution in [2.24, 2.45) is 0 Å². The predicted octanol–water partition coefficient (Wildman–Crippen LogP) is 3.01. The smallest absolute Gasteiger partial charge is 0.338 e. The fourth-order valence-corrected chi connectivity index (χ4v) is 2.32. The van der Waals surface area contributed by atoms with Crippen molar-refractivity contribution in [1.82, 2.24) is 9.78 Å². The molecule has 138 valence electrons. The van der Waals surface area contributed by atoms with Crippen LogP contribution in [0.5, 0.6) is 0 Å². The summed E-state index contributed by atoms with van der Waals surface area (Å²) in [6, 6.07) is 11.1. The summed E-state index contributed by atoms with van der Waals surface area (Å²) < 4.78 is 33.2. The van der Waals surface area contributed by atoms with Crippen LogP contribution in [0, 0.1) is 11.6 Å². The van der Waals surface area contributed by atoms with Gasteiger partial charge in [0.05, 0.1) is 17.8 Å². The van der Waals surface area contributed by atoms with Gasteiger partial charge in [0.25, 0.3) is 5.91 Å². The number of nitrogens with one attached hydrogen (secondary N) is 1. The van der Waals surface area contributed by atoms with Gasteiger partial charge in [0, 0.05) is 18.5 Å². The summed E-state index contributed by atoms with van der Waals surface area (Å²) in [5, 5.41) is 6.25. The van der Waals surface area contributed by atoms with E-state index in [1.54, 1.807) is 35.1 Å². The van der Waals surface area contributed by atoms with Gasteiger partial charge in [-0.15, -0.1) is 0 Å². The van der Waals surface area contributed by atoms with Crippen LogP contribution in [0.4, 0.5) is 14.5 Å². The lowest BCUT2D eigenvalue weighted by Crippen LogP contribution is -2.21. The number of carbonyl (C=O) groups excluding carboxylic acids is 2. The highest BCUT2D eigenvalue weighted by Crippen LogP contribution is 2.15. The third-order valence-corrected chi connectivity index (χ3v) is 3.63. The lowest BCUT2D eigenvalue weighted by molar-refractivity contribution is -0.119. The van der Waals surface area contributed by atoms with Crippen molar-refractivity contribution in [3.63, 3.8) is 0 Å². The van der Waals surface area contributed by atoms with Gasteiger partial charge in [0.15, 0.2) is 6.61 Å². The molecule has 0 spiro atoms.